The molecule has 0 amide bonds. The van der Waals surface area contributed by atoms with Crippen LogP contribution in [0.25, 0.3) is 0 Å². The number of rotatable bonds is 8. The first-order chi connectivity index (χ1) is 13.7. The highest BCUT2D eigenvalue weighted by Crippen LogP contribution is 2.08. The van der Waals surface area contributed by atoms with Crippen molar-refractivity contribution in [1.29, 1.82) is 0 Å². The van der Waals surface area contributed by atoms with Crippen LogP contribution in [0.2, 0.25) is 0 Å². The largest absolute Gasteiger partial charge is 0.376 e. The maximum Gasteiger partial charge on any atom is 0.193 e. The standard InChI is InChI=1S/C21H31N5O2.HI/c1-18(16-27-17-19-6-4-3-5-7-19)14-23-21(22-2)26-11-9-25(10-12-26)15-20-8-13-28-24-20;/h3-8,13,18H,9-12,14-17H2,1-2H3,(H,22,23);1H. The van der Waals surface area contributed by atoms with Crippen molar-refractivity contribution in [2.24, 2.45) is 10.9 Å². The van der Waals surface area contributed by atoms with Crippen LogP contribution >= 0.6 is 24.0 Å². The molecule has 1 N–H and O–H groups in total. The number of hydrogen-bond acceptors (Lipinski definition) is 5. The summed E-state index contributed by atoms with van der Waals surface area (Å²) in [5, 5.41) is 7.49. The normalized spacial score (nSPS) is 16.3. The first-order valence-corrected chi connectivity index (χ1v) is 9.93. The molecule has 2 aromatic rings. The molecule has 0 bridgehead atoms. The maximum atomic E-state index is 5.84. The van der Waals surface area contributed by atoms with Crippen LogP contribution in [0.1, 0.15) is 18.2 Å². The van der Waals surface area contributed by atoms with Crippen molar-refractivity contribution in [2.75, 3.05) is 46.4 Å². The van der Waals surface area contributed by atoms with Crippen molar-refractivity contribution >= 4 is 29.9 Å². The van der Waals surface area contributed by atoms with Gasteiger partial charge in [0.05, 0.1) is 18.9 Å². The van der Waals surface area contributed by atoms with Crippen molar-refractivity contribution in [3.8, 4) is 0 Å². The number of benzene rings is 1. The van der Waals surface area contributed by atoms with E-state index in [0.717, 1.165) is 57.5 Å². The van der Waals surface area contributed by atoms with Crippen molar-refractivity contribution < 1.29 is 9.26 Å². The summed E-state index contributed by atoms with van der Waals surface area (Å²) in [6.45, 7) is 9.16. The smallest absolute Gasteiger partial charge is 0.193 e. The van der Waals surface area contributed by atoms with Crippen LogP contribution in [0.5, 0.6) is 0 Å². The van der Waals surface area contributed by atoms with Gasteiger partial charge in [0.2, 0.25) is 0 Å². The quantitative estimate of drug-likeness (QED) is 0.333. The van der Waals surface area contributed by atoms with E-state index in [1.165, 1.54) is 5.56 Å². The molecule has 1 aliphatic heterocycles. The van der Waals surface area contributed by atoms with E-state index in [1.807, 2.05) is 31.3 Å². The molecular weight excluding hydrogens is 481 g/mol. The van der Waals surface area contributed by atoms with Crippen molar-refractivity contribution in [3.05, 3.63) is 53.9 Å². The number of nitrogens with one attached hydrogen (secondary N) is 1. The second kappa shape index (κ2) is 12.8. The van der Waals surface area contributed by atoms with Gasteiger partial charge in [0, 0.05) is 52.4 Å². The summed E-state index contributed by atoms with van der Waals surface area (Å²) in [5.41, 5.74) is 2.20. The van der Waals surface area contributed by atoms with Crippen molar-refractivity contribution in [3.63, 3.8) is 0 Å². The lowest BCUT2D eigenvalue weighted by atomic mass is 10.2. The molecule has 1 aromatic carbocycles. The van der Waals surface area contributed by atoms with Gasteiger partial charge in [-0.25, -0.2) is 0 Å². The van der Waals surface area contributed by atoms with Gasteiger partial charge in [-0.2, -0.15) is 0 Å². The van der Waals surface area contributed by atoms with Gasteiger partial charge in [0.25, 0.3) is 0 Å². The summed E-state index contributed by atoms with van der Waals surface area (Å²) in [4.78, 5) is 9.16. The zero-order chi connectivity index (χ0) is 19.6. The van der Waals surface area contributed by atoms with Gasteiger partial charge in [-0.1, -0.05) is 42.4 Å². The minimum Gasteiger partial charge on any atom is -0.376 e. The van der Waals surface area contributed by atoms with E-state index in [0.29, 0.717) is 12.5 Å². The first kappa shape index (κ1) is 23.6. The van der Waals surface area contributed by atoms with E-state index in [2.05, 4.69) is 44.3 Å². The molecule has 1 unspecified atom stereocenters. The topological polar surface area (TPSA) is 66.1 Å². The summed E-state index contributed by atoms with van der Waals surface area (Å²) in [7, 11) is 1.85. The number of nitrogens with zero attached hydrogens (tertiary/aromatic N) is 4. The molecule has 0 spiro atoms. The van der Waals surface area contributed by atoms with E-state index in [1.54, 1.807) is 6.26 Å². The van der Waals surface area contributed by atoms with Gasteiger partial charge in [-0.05, 0) is 11.5 Å². The lowest BCUT2D eigenvalue weighted by Gasteiger charge is -2.36. The number of halogens is 1. The first-order valence-electron chi connectivity index (χ1n) is 9.93. The molecular formula is C21H32IN5O2. The monoisotopic (exact) mass is 513 g/mol. The van der Waals surface area contributed by atoms with Gasteiger partial charge < -0.3 is 19.5 Å². The third-order valence-electron chi connectivity index (χ3n) is 4.88. The lowest BCUT2D eigenvalue weighted by Crippen LogP contribution is -2.52. The van der Waals surface area contributed by atoms with Gasteiger partial charge in [0.15, 0.2) is 5.96 Å². The number of aliphatic imine (C=N–C) groups is 1. The number of aromatic nitrogens is 1. The molecule has 160 valence electrons. The zero-order valence-electron chi connectivity index (χ0n) is 17.3. The van der Waals surface area contributed by atoms with Gasteiger partial charge in [0.1, 0.15) is 6.26 Å². The van der Waals surface area contributed by atoms with Crippen LogP contribution in [0.4, 0.5) is 0 Å². The van der Waals surface area contributed by atoms with E-state index >= 15 is 0 Å². The molecule has 2 heterocycles. The Hall–Kier alpha value is -1.65. The fraction of sp³-hybridized carbons (Fsp3) is 0.524. The lowest BCUT2D eigenvalue weighted by molar-refractivity contribution is 0.0926. The Morgan fingerprint density at radius 1 is 1.21 bits per heavy atom. The van der Waals surface area contributed by atoms with E-state index < -0.39 is 0 Å². The zero-order valence-corrected chi connectivity index (χ0v) is 19.6. The second-order valence-electron chi connectivity index (χ2n) is 7.29. The highest BCUT2D eigenvalue weighted by molar-refractivity contribution is 14.0. The third-order valence-corrected chi connectivity index (χ3v) is 4.88. The van der Waals surface area contributed by atoms with Crippen LogP contribution in [-0.4, -0.2) is 67.3 Å². The van der Waals surface area contributed by atoms with E-state index in [9.17, 15) is 0 Å². The summed E-state index contributed by atoms with van der Waals surface area (Å²) in [5.74, 6) is 1.38. The number of hydrogen-bond donors (Lipinski definition) is 1. The molecule has 0 aliphatic carbocycles. The highest BCUT2D eigenvalue weighted by atomic mass is 127. The number of piperazine rings is 1. The SMILES string of the molecule is CN=C(NCC(C)COCc1ccccc1)N1CCN(Cc2ccon2)CC1.I. The summed E-state index contributed by atoms with van der Waals surface area (Å²) < 4.78 is 10.8. The van der Waals surface area contributed by atoms with Gasteiger partial charge >= 0.3 is 0 Å². The molecule has 0 radical (unpaired) electrons. The molecule has 29 heavy (non-hydrogen) atoms. The van der Waals surface area contributed by atoms with Gasteiger partial charge in [-0.3, -0.25) is 9.89 Å². The van der Waals surface area contributed by atoms with Gasteiger partial charge in [-0.15, -0.1) is 24.0 Å². The maximum absolute atomic E-state index is 5.84. The second-order valence-corrected chi connectivity index (χ2v) is 7.29. The third kappa shape index (κ3) is 7.94. The average molecular weight is 513 g/mol. The van der Waals surface area contributed by atoms with Crippen LogP contribution in [0, 0.1) is 5.92 Å². The Kier molecular flexibility index (Phi) is 10.4. The Balaban J connectivity index is 0.00000300. The molecule has 1 aliphatic rings. The van der Waals surface area contributed by atoms with Crippen LogP contribution < -0.4 is 5.32 Å². The van der Waals surface area contributed by atoms with E-state index in [-0.39, 0.29) is 24.0 Å². The summed E-state index contributed by atoms with van der Waals surface area (Å²) in [6.07, 6.45) is 1.63. The van der Waals surface area contributed by atoms with Crippen molar-refractivity contribution in [1.82, 2.24) is 20.3 Å². The minimum atomic E-state index is 0. The molecule has 8 heteroatoms. The molecule has 1 fully saturated rings. The molecule has 0 saturated carbocycles. The predicted molar refractivity (Wildman–Crippen MR) is 125 cm³/mol. The Morgan fingerprint density at radius 2 is 1.97 bits per heavy atom. The minimum absolute atomic E-state index is 0. The summed E-state index contributed by atoms with van der Waals surface area (Å²) in [6, 6.07) is 12.2. The molecule has 1 aromatic heterocycles. The van der Waals surface area contributed by atoms with Crippen molar-refractivity contribution in [2.45, 2.75) is 20.1 Å². The average Bonchev–Trinajstić information content (AvgIpc) is 3.23. The van der Waals surface area contributed by atoms with Crippen LogP contribution in [0.15, 0.2) is 52.2 Å². The van der Waals surface area contributed by atoms with Crippen LogP contribution in [-0.2, 0) is 17.9 Å². The van der Waals surface area contributed by atoms with Crippen LogP contribution in [0.3, 0.4) is 0 Å². The molecule has 1 saturated heterocycles. The fourth-order valence-corrected chi connectivity index (χ4v) is 3.27. The molecule has 7 nitrogen and oxygen atoms in total. The highest BCUT2D eigenvalue weighted by Gasteiger charge is 2.20. The Bertz CT molecular complexity index is 703. The molecule has 3 rings (SSSR count). The number of guanidine groups is 1. The van der Waals surface area contributed by atoms with E-state index in [4.69, 9.17) is 9.26 Å². The fourth-order valence-electron chi connectivity index (χ4n) is 3.27. The number of ether oxygens (including phenoxy) is 1. The Morgan fingerprint density at radius 3 is 2.62 bits per heavy atom. The predicted octanol–water partition coefficient (Wildman–Crippen LogP) is 2.84. The summed E-state index contributed by atoms with van der Waals surface area (Å²) >= 11 is 0. The Labute approximate surface area is 190 Å². The molecule has 1 atom stereocenters.